The maximum atomic E-state index is 5.80. The normalized spacial score (nSPS) is 11.0. The number of hydrogen-bond acceptors (Lipinski definition) is 4. The van der Waals surface area contributed by atoms with Gasteiger partial charge in [0.15, 0.2) is 11.5 Å². The summed E-state index contributed by atoms with van der Waals surface area (Å²) in [6.45, 7) is 7.32. The van der Waals surface area contributed by atoms with Crippen molar-refractivity contribution in [3.05, 3.63) is 53.6 Å². The summed E-state index contributed by atoms with van der Waals surface area (Å²) in [5.41, 5.74) is 7.80. The second-order valence-electron chi connectivity index (χ2n) is 6.67. The molecule has 134 valence electrons. The second kappa shape index (κ2) is 8.21. The molecule has 0 bridgehead atoms. The standard InChI is InChI=1S/C20H25NO3S/c1-20(2,3)14-8-10-15(11-9-14)23-12-13-24-18-16(19(21)25)6-5-7-17(18)22-4/h5-11H,12-13H2,1-4H3,(H2,21,25). The van der Waals surface area contributed by atoms with Crippen molar-refractivity contribution in [2.75, 3.05) is 20.3 Å². The summed E-state index contributed by atoms with van der Waals surface area (Å²) in [4.78, 5) is 0.271. The monoisotopic (exact) mass is 359 g/mol. The van der Waals surface area contributed by atoms with E-state index in [1.54, 1.807) is 7.11 Å². The lowest BCUT2D eigenvalue weighted by Crippen LogP contribution is -2.15. The van der Waals surface area contributed by atoms with Gasteiger partial charge in [0.2, 0.25) is 0 Å². The average molecular weight is 359 g/mol. The van der Waals surface area contributed by atoms with Gasteiger partial charge in [0.05, 0.1) is 12.7 Å². The number of benzene rings is 2. The molecule has 0 aliphatic carbocycles. The van der Waals surface area contributed by atoms with E-state index in [9.17, 15) is 0 Å². The molecule has 2 aromatic rings. The number of para-hydroxylation sites is 1. The van der Waals surface area contributed by atoms with Gasteiger partial charge in [0.1, 0.15) is 24.0 Å². The molecule has 5 heteroatoms. The molecule has 0 spiro atoms. The maximum Gasteiger partial charge on any atom is 0.171 e. The molecule has 2 N–H and O–H groups in total. The summed E-state index contributed by atoms with van der Waals surface area (Å²) in [5.74, 6) is 1.95. The van der Waals surface area contributed by atoms with Crippen LogP contribution in [0.1, 0.15) is 31.9 Å². The van der Waals surface area contributed by atoms with Gasteiger partial charge >= 0.3 is 0 Å². The number of thiocarbonyl (C=S) groups is 1. The van der Waals surface area contributed by atoms with Crippen LogP contribution in [0.2, 0.25) is 0 Å². The first-order valence-electron chi connectivity index (χ1n) is 8.16. The van der Waals surface area contributed by atoms with Crippen LogP contribution in [0.15, 0.2) is 42.5 Å². The minimum atomic E-state index is 0.128. The van der Waals surface area contributed by atoms with E-state index in [4.69, 9.17) is 32.2 Å². The highest BCUT2D eigenvalue weighted by Crippen LogP contribution is 2.31. The van der Waals surface area contributed by atoms with Crippen LogP contribution in [0.3, 0.4) is 0 Å². The Morgan fingerprint density at radius 1 is 1.00 bits per heavy atom. The van der Waals surface area contributed by atoms with Gasteiger partial charge in [-0.25, -0.2) is 0 Å². The molecule has 0 fully saturated rings. The summed E-state index contributed by atoms with van der Waals surface area (Å²) in [6, 6.07) is 13.6. The van der Waals surface area contributed by atoms with Crippen LogP contribution in [-0.2, 0) is 5.41 Å². The van der Waals surface area contributed by atoms with Gasteiger partial charge in [-0.15, -0.1) is 0 Å². The van der Waals surface area contributed by atoms with Gasteiger partial charge in [0, 0.05) is 0 Å². The van der Waals surface area contributed by atoms with E-state index >= 15 is 0 Å². The van der Waals surface area contributed by atoms with E-state index in [1.807, 2.05) is 30.3 Å². The number of nitrogens with two attached hydrogens (primary N) is 1. The molecule has 0 amide bonds. The van der Waals surface area contributed by atoms with E-state index in [2.05, 4.69) is 32.9 Å². The zero-order chi connectivity index (χ0) is 18.4. The van der Waals surface area contributed by atoms with E-state index in [0.29, 0.717) is 30.3 Å². The van der Waals surface area contributed by atoms with Crippen LogP contribution >= 0.6 is 12.2 Å². The lowest BCUT2D eigenvalue weighted by Gasteiger charge is -2.19. The Hall–Kier alpha value is -2.27. The first-order valence-corrected chi connectivity index (χ1v) is 8.56. The highest BCUT2D eigenvalue weighted by Gasteiger charge is 2.14. The lowest BCUT2D eigenvalue weighted by molar-refractivity contribution is 0.211. The fourth-order valence-electron chi connectivity index (χ4n) is 2.37. The van der Waals surface area contributed by atoms with Crippen molar-refractivity contribution in [2.45, 2.75) is 26.2 Å². The van der Waals surface area contributed by atoms with Crippen molar-refractivity contribution in [2.24, 2.45) is 5.73 Å². The highest BCUT2D eigenvalue weighted by molar-refractivity contribution is 7.80. The fraction of sp³-hybridized carbons (Fsp3) is 0.350. The van der Waals surface area contributed by atoms with Crippen molar-refractivity contribution in [1.82, 2.24) is 0 Å². The Morgan fingerprint density at radius 3 is 2.20 bits per heavy atom. The van der Waals surface area contributed by atoms with E-state index in [0.717, 1.165) is 5.75 Å². The summed E-state index contributed by atoms with van der Waals surface area (Å²) >= 11 is 5.07. The molecule has 0 saturated heterocycles. The van der Waals surface area contributed by atoms with E-state index < -0.39 is 0 Å². The number of rotatable bonds is 7. The molecule has 0 atom stereocenters. The largest absolute Gasteiger partial charge is 0.493 e. The fourth-order valence-corrected chi connectivity index (χ4v) is 2.53. The predicted molar refractivity (Wildman–Crippen MR) is 105 cm³/mol. The molecule has 0 saturated carbocycles. The zero-order valence-corrected chi connectivity index (χ0v) is 16.0. The molecule has 2 aromatic carbocycles. The molecule has 0 aliphatic heterocycles. The lowest BCUT2D eigenvalue weighted by atomic mass is 9.87. The number of hydrogen-bond donors (Lipinski definition) is 1. The molecule has 0 heterocycles. The van der Waals surface area contributed by atoms with Crippen LogP contribution in [0.5, 0.6) is 17.2 Å². The topological polar surface area (TPSA) is 53.7 Å². The van der Waals surface area contributed by atoms with Gasteiger partial charge in [-0.05, 0) is 35.2 Å². The zero-order valence-electron chi connectivity index (χ0n) is 15.2. The van der Waals surface area contributed by atoms with Crippen molar-refractivity contribution in [1.29, 1.82) is 0 Å². The minimum Gasteiger partial charge on any atom is -0.493 e. The second-order valence-corrected chi connectivity index (χ2v) is 7.11. The Bertz CT molecular complexity index is 721. The Balaban J connectivity index is 1.95. The molecule has 4 nitrogen and oxygen atoms in total. The quantitative estimate of drug-likeness (QED) is 0.596. The molecule has 0 radical (unpaired) electrons. The van der Waals surface area contributed by atoms with Crippen LogP contribution in [0, 0.1) is 0 Å². The predicted octanol–water partition coefficient (Wildman–Crippen LogP) is 4.08. The van der Waals surface area contributed by atoms with Crippen LogP contribution in [0.25, 0.3) is 0 Å². The summed E-state index contributed by atoms with van der Waals surface area (Å²) in [7, 11) is 1.58. The third-order valence-corrected chi connectivity index (χ3v) is 4.00. The van der Waals surface area contributed by atoms with Gasteiger partial charge in [-0.2, -0.15) is 0 Å². The van der Waals surface area contributed by atoms with Crippen molar-refractivity contribution < 1.29 is 14.2 Å². The minimum absolute atomic E-state index is 0.128. The molecule has 2 rings (SSSR count). The van der Waals surface area contributed by atoms with Crippen molar-refractivity contribution in [3.8, 4) is 17.2 Å². The molecular weight excluding hydrogens is 334 g/mol. The van der Waals surface area contributed by atoms with E-state index in [-0.39, 0.29) is 10.4 Å². The Labute approximate surface area is 154 Å². The van der Waals surface area contributed by atoms with Crippen LogP contribution < -0.4 is 19.9 Å². The molecular formula is C20H25NO3S. The average Bonchev–Trinajstić information content (AvgIpc) is 2.58. The maximum absolute atomic E-state index is 5.80. The molecule has 25 heavy (non-hydrogen) atoms. The number of methoxy groups -OCH3 is 1. The smallest absolute Gasteiger partial charge is 0.171 e. The Kier molecular flexibility index (Phi) is 6.26. The van der Waals surface area contributed by atoms with Gasteiger partial charge in [-0.1, -0.05) is 51.2 Å². The third-order valence-electron chi connectivity index (χ3n) is 3.78. The Morgan fingerprint density at radius 2 is 1.64 bits per heavy atom. The summed E-state index contributed by atoms with van der Waals surface area (Å²) < 4.78 is 16.9. The van der Waals surface area contributed by atoms with Crippen molar-refractivity contribution >= 4 is 17.2 Å². The summed E-state index contributed by atoms with van der Waals surface area (Å²) in [6.07, 6.45) is 0. The molecule has 0 aromatic heterocycles. The summed E-state index contributed by atoms with van der Waals surface area (Å²) in [5, 5.41) is 0. The van der Waals surface area contributed by atoms with Crippen molar-refractivity contribution in [3.63, 3.8) is 0 Å². The molecule has 0 unspecified atom stereocenters. The third kappa shape index (κ3) is 5.10. The number of ether oxygens (including phenoxy) is 3. The first-order chi connectivity index (χ1) is 11.8. The molecule has 0 aliphatic rings. The SMILES string of the molecule is COc1cccc(C(N)=S)c1OCCOc1ccc(C(C)(C)C)cc1. The van der Waals surface area contributed by atoms with E-state index in [1.165, 1.54) is 5.56 Å². The van der Waals surface area contributed by atoms with Crippen LogP contribution in [0.4, 0.5) is 0 Å². The van der Waals surface area contributed by atoms with Crippen LogP contribution in [-0.4, -0.2) is 25.3 Å². The van der Waals surface area contributed by atoms with Gasteiger partial charge in [-0.3, -0.25) is 0 Å². The van der Waals surface area contributed by atoms with Gasteiger partial charge in [0.25, 0.3) is 0 Å². The first kappa shape index (κ1) is 19.1. The highest BCUT2D eigenvalue weighted by atomic mass is 32.1. The van der Waals surface area contributed by atoms with Gasteiger partial charge < -0.3 is 19.9 Å².